The number of nitrogens with one attached hydrogen (secondary N) is 2. The summed E-state index contributed by atoms with van der Waals surface area (Å²) in [6, 6.07) is 24.4. The molecule has 1 heterocycles. The molecule has 0 radical (unpaired) electrons. The molecule has 0 saturated carbocycles. The number of hydrogen-bond acceptors (Lipinski definition) is 4. The molecular weight excluding hydrogens is 428 g/mol. The summed E-state index contributed by atoms with van der Waals surface area (Å²) < 4.78 is 7.03. The Hall–Kier alpha value is -4.39. The van der Waals surface area contributed by atoms with Crippen LogP contribution in [-0.2, 0) is 11.3 Å². The van der Waals surface area contributed by atoms with Crippen molar-refractivity contribution in [1.29, 1.82) is 0 Å². The molecule has 7 nitrogen and oxygen atoms in total. The van der Waals surface area contributed by atoms with Gasteiger partial charge in [0.25, 0.3) is 5.91 Å². The molecule has 4 rings (SSSR count). The van der Waals surface area contributed by atoms with Gasteiger partial charge in [-0.1, -0.05) is 37.3 Å². The van der Waals surface area contributed by atoms with Gasteiger partial charge in [-0.2, -0.15) is 5.10 Å². The Bertz CT molecular complexity index is 1260. The number of benzene rings is 3. The van der Waals surface area contributed by atoms with Crippen molar-refractivity contribution in [3.8, 4) is 17.0 Å². The summed E-state index contributed by atoms with van der Waals surface area (Å²) in [6.45, 7) is 2.34. The van der Waals surface area contributed by atoms with Crippen LogP contribution in [0.1, 0.15) is 29.3 Å². The first-order chi connectivity index (χ1) is 16.6. The van der Waals surface area contributed by atoms with Gasteiger partial charge >= 0.3 is 0 Å². The first kappa shape index (κ1) is 22.8. The maximum absolute atomic E-state index is 13.2. The number of hydrogen-bond donors (Lipinski definition) is 2. The summed E-state index contributed by atoms with van der Waals surface area (Å²) in [4.78, 5) is 24.8. The van der Waals surface area contributed by atoms with E-state index in [1.165, 1.54) is 0 Å². The molecule has 0 aliphatic heterocycles. The SMILES string of the molecule is CCC(=O)Nc1ccc(NC(=O)c2cn(Cc3ccccc3)nc2-c2ccc(OC)cc2)cc1. The van der Waals surface area contributed by atoms with E-state index >= 15 is 0 Å². The minimum Gasteiger partial charge on any atom is -0.497 e. The fourth-order valence-electron chi connectivity index (χ4n) is 3.49. The first-order valence-corrected chi connectivity index (χ1v) is 11.0. The molecule has 0 unspecified atom stereocenters. The molecular formula is C27H26N4O3. The summed E-state index contributed by atoms with van der Waals surface area (Å²) in [5, 5.41) is 10.4. The Morgan fingerprint density at radius 3 is 2.15 bits per heavy atom. The second-order valence-electron chi connectivity index (χ2n) is 7.74. The Labute approximate surface area is 198 Å². The number of rotatable bonds is 8. The van der Waals surface area contributed by atoms with Gasteiger partial charge in [0, 0.05) is 29.6 Å². The number of carbonyl (C=O) groups excluding carboxylic acids is 2. The Morgan fingerprint density at radius 1 is 0.882 bits per heavy atom. The minimum absolute atomic E-state index is 0.0632. The zero-order chi connectivity index (χ0) is 23.9. The highest BCUT2D eigenvalue weighted by Crippen LogP contribution is 2.26. The van der Waals surface area contributed by atoms with Crippen molar-refractivity contribution in [2.45, 2.75) is 19.9 Å². The van der Waals surface area contributed by atoms with Crippen molar-refractivity contribution in [3.63, 3.8) is 0 Å². The van der Waals surface area contributed by atoms with E-state index in [2.05, 4.69) is 10.6 Å². The van der Waals surface area contributed by atoms with Crippen molar-refractivity contribution in [2.24, 2.45) is 0 Å². The van der Waals surface area contributed by atoms with Gasteiger partial charge in [-0.15, -0.1) is 0 Å². The molecule has 0 saturated heterocycles. The Balaban J connectivity index is 1.60. The molecule has 34 heavy (non-hydrogen) atoms. The first-order valence-electron chi connectivity index (χ1n) is 11.0. The largest absolute Gasteiger partial charge is 0.497 e. The minimum atomic E-state index is -0.268. The Morgan fingerprint density at radius 2 is 1.53 bits per heavy atom. The third-order valence-corrected chi connectivity index (χ3v) is 5.30. The van der Waals surface area contributed by atoms with Crippen LogP contribution in [0, 0.1) is 0 Å². The fraction of sp³-hybridized carbons (Fsp3) is 0.148. The van der Waals surface area contributed by atoms with Gasteiger partial charge in [0.15, 0.2) is 0 Å². The van der Waals surface area contributed by atoms with Crippen LogP contribution in [0.15, 0.2) is 85.1 Å². The molecule has 0 bridgehead atoms. The zero-order valence-electron chi connectivity index (χ0n) is 19.1. The average molecular weight is 455 g/mol. The van der Waals surface area contributed by atoms with Crippen molar-refractivity contribution in [2.75, 3.05) is 17.7 Å². The van der Waals surface area contributed by atoms with Gasteiger partial charge < -0.3 is 15.4 Å². The topological polar surface area (TPSA) is 85.3 Å². The fourth-order valence-corrected chi connectivity index (χ4v) is 3.49. The summed E-state index contributed by atoms with van der Waals surface area (Å²) >= 11 is 0. The molecule has 4 aromatic rings. The maximum atomic E-state index is 13.2. The molecule has 172 valence electrons. The van der Waals surface area contributed by atoms with Crippen LogP contribution >= 0.6 is 0 Å². The van der Waals surface area contributed by atoms with E-state index in [-0.39, 0.29) is 11.8 Å². The monoisotopic (exact) mass is 454 g/mol. The van der Waals surface area contributed by atoms with Crippen LogP contribution in [-0.4, -0.2) is 28.7 Å². The van der Waals surface area contributed by atoms with Gasteiger partial charge in [-0.05, 0) is 54.1 Å². The summed E-state index contributed by atoms with van der Waals surface area (Å²) in [7, 11) is 1.61. The predicted octanol–water partition coefficient (Wildman–Crippen LogP) is 5.21. The molecule has 2 N–H and O–H groups in total. The van der Waals surface area contributed by atoms with Gasteiger partial charge in [0.05, 0.1) is 19.2 Å². The lowest BCUT2D eigenvalue weighted by Crippen LogP contribution is -2.13. The third kappa shape index (κ3) is 5.50. The number of carbonyl (C=O) groups is 2. The van der Waals surface area contributed by atoms with Crippen molar-refractivity contribution >= 4 is 23.2 Å². The second kappa shape index (κ2) is 10.5. The molecule has 1 aromatic heterocycles. The van der Waals surface area contributed by atoms with E-state index in [1.807, 2.05) is 54.6 Å². The lowest BCUT2D eigenvalue weighted by molar-refractivity contribution is -0.115. The molecule has 0 fully saturated rings. The Kier molecular flexibility index (Phi) is 7.03. The third-order valence-electron chi connectivity index (χ3n) is 5.30. The van der Waals surface area contributed by atoms with E-state index < -0.39 is 0 Å². The lowest BCUT2D eigenvalue weighted by atomic mass is 10.1. The van der Waals surface area contributed by atoms with Gasteiger partial charge in [0.2, 0.25) is 5.91 Å². The standard InChI is InChI=1S/C27H26N4O3/c1-3-25(32)28-21-11-13-22(14-12-21)29-27(33)24-18-31(17-19-7-5-4-6-8-19)30-26(24)20-9-15-23(34-2)16-10-20/h4-16,18H,3,17H2,1-2H3,(H,28,32)(H,29,33). The molecule has 0 aliphatic carbocycles. The number of anilines is 2. The average Bonchev–Trinajstić information content (AvgIpc) is 3.29. The van der Waals surface area contributed by atoms with Crippen LogP contribution < -0.4 is 15.4 Å². The van der Waals surface area contributed by atoms with Gasteiger partial charge in [-0.25, -0.2) is 0 Å². The van der Waals surface area contributed by atoms with E-state index in [9.17, 15) is 9.59 Å². The van der Waals surface area contributed by atoms with Crippen LogP contribution in [0.4, 0.5) is 11.4 Å². The number of nitrogens with zero attached hydrogens (tertiary/aromatic N) is 2. The van der Waals surface area contributed by atoms with Crippen molar-refractivity contribution in [1.82, 2.24) is 9.78 Å². The van der Waals surface area contributed by atoms with Crippen LogP contribution in [0.25, 0.3) is 11.3 Å². The molecule has 0 spiro atoms. The molecule has 0 aliphatic rings. The van der Waals surface area contributed by atoms with Crippen molar-refractivity contribution in [3.05, 3.63) is 96.2 Å². The molecule has 7 heteroatoms. The summed E-state index contributed by atoms with van der Waals surface area (Å²) in [5.41, 5.74) is 4.25. The lowest BCUT2D eigenvalue weighted by Gasteiger charge is -2.08. The molecule has 0 atom stereocenters. The predicted molar refractivity (Wildman–Crippen MR) is 133 cm³/mol. The van der Waals surface area contributed by atoms with Crippen molar-refractivity contribution < 1.29 is 14.3 Å². The highest BCUT2D eigenvalue weighted by atomic mass is 16.5. The summed E-state index contributed by atoms with van der Waals surface area (Å²) in [6.07, 6.45) is 2.16. The normalized spacial score (nSPS) is 10.5. The second-order valence-corrected chi connectivity index (χ2v) is 7.74. The van der Waals surface area contributed by atoms with Gasteiger partial charge in [-0.3, -0.25) is 14.3 Å². The molecule has 2 amide bonds. The number of ether oxygens (including phenoxy) is 1. The van der Waals surface area contributed by atoms with Crippen LogP contribution in [0.3, 0.4) is 0 Å². The highest BCUT2D eigenvalue weighted by Gasteiger charge is 2.19. The number of aromatic nitrogens is 2. The van der Waals surface area contributed by atoms with E-state index in [1.54, 1.807) is 49.2 Å². The summed E-state index contributed by atoms with van der Waals surface area (Å²) in [5.74, 6) is 0.399. The van der Waals surface area contributed by atoms with Gasteiger partial charge in [0.1, 0.15) is 11.4 Å². The number of amides is 2. The highest BCUT2D eigenvalue weighted by molar-refractivity contribution is 6.08. The quantitative estimate of drug-likeness (QED) is 0.383. The van der Waals surface area contributed by atoms with Crippen LogP contribution in [0.5, 0.6) is 5.75 Å². The van der Waals surface area contributed by atoms with E-state index in [0.29, 0.717) is 35.6 Å². The van der Waals surface area contributed by atoms with E-state index in [4.69, 9.17) is 9.84 Å². The molecule has 3 aromatic carbocycles. The van der Waals surface area contributed by atoms with Crippen LogP contribution in [0.2, 0.25) is 0 Å². The zero-order valence-corrected chi connectivity index (χ0v) is 19.1. The van der Waals surface area contributed by atoms with E-state index in [0.717, 1.165) is 16.9 Å². The maximum Gasteiger partial charge on any atom is 0.259 e. The number of methoxy groups -OCH3 is 1. The smallest absolute Gasteiger partial charge is 0.259 e.